The summed E-state index contributed by atoms with van der Waals surface area (Å²) in [5.74, 6) is -2.59. The van der Waals surface area contributed by atoms with Crippen LogP contribution in [0.15, 0.2) is 60.9 Å². The van der Waals surface area contributed by atoms with E-state index in [1.165, 1.54) is 24.3 Å². The molecular formula is C56H78F2N16O6. The average molecular weight is 1110 g/mol. The van der Waals surface area contributed by atoms with Crippen LogP contribution in [0, 0.1) is 11.6 Å². The smallest absolute Gasteiger partial charge is 0.246 e. The second-order valence-electron chi connectivity index (χ2n) is 22.2. The molecule has 432 valence electrons. The minimum absolute atomic E-state index is 0.118. The molecule has 0 saturated carbocycles. The fourth-order valence-electron chi connectivity index (χ4n) is 12.0. The summed E-state index contributed by atoms with van der Waals surface area (Å²) in [5, 5.41) is 35.8. The van der Waals surface area contributed by atoms with Crippen LogP contribution >= 0.6 is 0 Å². The van der Waals surface area contributed by atoms with Crippen molar-refractivity contribution in [2.75, 3.05) is 53.4 Å². The predicted molar refractivity (Wildman–Crippen MR) is 291 cm³/mol. The Balaban J connectivity index is 0.784. The standard InChI is InChI=1S/C56H78F2N16O6/c1-35(59-3)51(75)61-43-11-7-5-9-41-21-23-47(73(41)55(43)79)53(77)63-49(37-13-17-39(57)18-14-37)45-33-71(67-65-45)31-29-69-25-27-70(28-26-69)30-32-72-34-46(66-68-72)50(38-15-19-40(58)20-16-38)64-54(78)48-24-22-42-10-6-8-12-44(56(80)74(42)48)62-52(76)36(2)60-4/h13-20,33-36,41-44,47-50,59-60H,5-12,21-32H2,1-4H3,(H,61,75)(H,62,76)(H,63,77)(H,64,78)/t35-,36-,41-,42-,43-,44-,47-,48-,49-,50-/m0/s1. The highest BCUT2D eigenvalue weighted by molar-refractivity contribution is 5.95. The van der Waals surface area contributed by atoms with Gasteiger partial charge in [0.05, 0.1) is 49.7 Å². The fourth-order valence-corrected chi connectivity index (χ4v) is 12.0. The lowest BCUT2D eigenvalue weighted by Crippen LogP contribution is -2.58. The molecule has 0 aliphatic carbocycles. The Hall–Kier alpha value is -6.76. The minimum Gasteiger partial charge on any atom is -0.343 e. The van der Waals surface area contributed by atoms with Gasteiger partial charge in [-0.1, -0.05) is 60.4 Å². The van der Waals surface area contributed by atoms with Crippen molar-refractivity contribution in [2.24, 2.45) is 0 Å². The maximum atomic E-state index is 14.3. The molecule has 2 aromatic carbocycles. The Morgan fingerprint density at radius 3 is 1.29 bits per heavy atom. The number of amides is 6. The molecule has 10 atom stereocenters. The Labute approximate surface area is 465 Å². The molecule has 6 amide bonds. The molecule has 0 bridgehead atoms. The monoisotopic (exact) mass is 1110 g/mol. The zero-order chi connectivity index (χ0) is 56.5. The SMILES string of the molecule is CN[C@@H](C)C(=O)N[C@H]1CCCC[C@H]2CC[C@@H](C(=O)N[C@@H](c3ccc(F)cc3)c3cn(CCN4CCN(CCn5cc([C@@H](NC(=O)[C@@H]6CC[C@@H]7CCCC[C@H](NC(=O)[C@H](C)NC)C(=O)N76)c6ccc(F)cc6)nn5)CC4)nn3)N2C1=O. The highest BCUT2D eigenvalue weighted by atomic mass is 19.1. The van der Waals surface area contributed by atoms with Crippen molar-refractivity contribution >= 4 is 35.4 Å². The first-order chi connectivity index (χ1) is 38.7. The second kappa shape index (κ2) is 26.7. The van der Waals surface area contributed by atoms with Crippen LogP contribution in [0.2, 0.25) is 0 Å². The van der Waals surface area contributed by atoms with Crippen molar-refractivity contribution in [3.8, 4) is 0 Å². The van der Waals surface area contributed by atoms with Gasteiger partial charge < -0.3 is 41.7 Å². The lowest BCUT2D eigenvalue weighted by atomic mass is 9.98. The molecule has 0 spiro atoms. The molecule has 2 aromatic heterocycles. The first-order valence-corrected chi connectivity index (χ1v) is 28.6. The number of nitrogens with zero attached hydrogens (tertiary/aromatic N) is 10. The third-order valence-electron chi connectivity index (χ3n) is 17.0. The van der Waals surface area contributed by atoms with Gasteiger partial charge in [0.25, 0.3) is 0 Å². The van der Waals surface area contributed by atoms with Gasteiger partial charge in [-0.3, -0.25) is 47.9 Å². The largest absolute Gasteiger partial charge is 0.343 e. The van der Waals surface area contributed by atoms with Crippen LogP contribution in [0.25, 0.3) is 0 Å². The molecule has 0 unspecified atom stereocenters. The van der Waals surface area contributed by atoms with E-state index in [-0.39, 0.29) is 47.5 Å². The number of rotatable bonds is 20. The molecule has 5 fully saturated rings. The van der Waals surface area contributed by atoms with Crippen molar-refractivity contribution in [1.82, 2.24) is 81.5 Å². The van der Waals surface area contributed by atoms with Gasteiger partial charge in [0.15, 0.2) is 0 Å². The molecule has 5 aliphatic rings. The van der Waals surface area contributed by atoms with Gasteiger partial charge in [0, 0.05) is 51.4 Å². The van der Waals surface area contributed by atoms with Gasteiger partial charge in [-0.25, -0.2) is 8.78 Å². The average Bonchev–Trinajstić information content (AvgIpc) is 4.31. The summed E-state index contributed by atoms with van der Waals surface area (Å²) in [6.07, 6.45) is 11.8. The Bertz CT molecular complexity index is 2590. The molecule has 80 heavy (non-hydrogen) atoms. The summed E-state index contributed by atoms with van der Waals surface area (Å²) >= 11 is 0. The van der Waals surface area contributed by atoms with Gasteiger partial charge in [0.2, 0.25) is 35.4 Å². The summed E-state index contributed by atoms with van der Waals surface area (Å²) in [6.45, 7) is 9.12. The molecule has 5 aliphatic heterocycles. The lowest BCUT2D eigenvalue weighted by Gasteiger charge is -2.36. The number of halogens is 2. The van der Waals surface area contributed by atoms with Crippen LogP contribution < -0.4 is 31.9 Å². The number of nitrogens with one attached hydrogen (secondary N) is 6. The van der Waals surface area contributed by atoms with Crippen molar-refractivity contribution in [2.45, 2.75) is 164 Å². The third-order valence-corrected chi connectivity index (χ3v) is 17.0. The number of aromatic nitrogens is 6. The third kappa shape index (κ3) is 13.9. The van der Waals surface area contributed by atoms with Crippen LogP contribution in [0.1, 0.15) is 125 Å². The summed E-state index contributed by atoms with van der Waals surface area (Å²) in [5.41, 5.74) is 2.17. The predicted octanol–water partition coefficient (Wildman–Crippen LogP) is 1.93. The first-order valence-electron chi connectivity index (χ1n) is 28.6. The quantitative estimate of drug-likeness (QED) is 0.0741. The molecule has 5 saturated heterocycles. The fraction of sp³-hybridized carbons (Fsp3) is 0.607. The van der Waals surface area contributed by atoms with Gasteiger partial charge in [-0.05, 0) is 115 Å². The number of hydrogen-bond acceptors (Lipinski definition) is 14. The number of fused-ring (bicyclic) bond motifs is 2. The summed E-state index contributed by atoms with van der Waals surface area (Å²) in [4.78, 5) is 90.7. The highest BCUT2D eigenvalue weighted by Gasteiger charge is 2.46. The minimum atomic E-state index is -0.769. The normalized spacial score (nSPS) is 24.5. The zero-order valence-electron chi connectivity index (χ0n) is 46.4. The van der Waals surface area contributed by atoms with Crippen LogP contribution in [0.3, 0.4) is 0 Å². The number of carbonyl (C=O) groups is 6. The van der Waals surface area contributed by atoms with E-state index in [9.17, 15) is 37.5 Å². The van der Waals surface area contributed by atoms with Crippen LogP contribution in [0.4, 0.5) is 8.78 Å². The summed E-state index contributed by atoms with van der Waals surface area (Å²) in [7, 11) is 3.37. The van der Waals surface area contributed by atoms with E-state index in [0.29, 0.717) is 87.2 Å². The van der Waals surface area contributed by atoms with E-state index >= 15 is 0 Å². The Kier molecular flexibility index (Phi) is 19.3. The molecule has 7 heterocycles. The van der Waals surface area contributed by atoms with Crippen LogP contribution in [-0.4, -0.2) is 187 Å². The first kappa shape index (κ1) is 57.9. The number of likely N-dealkylation sites (N-methyl/N-ethyl adjacent to an activating group) is 2. The molecule has 9 rings (SSSR count). The molecule has 0 radical (unpaired) electrons. The maximum absolute atomic E-state index is 14.3. The van der Waals surface area contributed by atoms with Gasteiger partial charge in [0.1, 0.15) is 47.2 Å². The lowest BCUT2D eigenvalue weighted by molar-refractivity contribution is -0.144. The van der Waals surface area contributed by atoms with E-state index in [2.05, 4.69) is 62.3 Å². The van der Waals surface area contributed by atoms with Crippen molar-refractivity contribution in [1.29, 1.82) is 0 Å². The molecule has 22 nitrogen and oxygen atoms in total. The van der Waals surface area contributed by atoms with Crippen LogP contribution in [-0.2, 0) is 41.9 Å². The Morgan fingerprint density at radius 2 is 0.912 bits per heavy atom. The Morgan fingerprint density at radius 1 is 0.537 bits per heavy atom. The second-order valence-corrected chi connectivity index (χ2v) is 22.2. The maximum Gasteiger partial charge on any atom is 0.246 e. The van der Waals surface area contributed by atoms with E-state index in [0.717, 1.165) is 64.7 Å². The van der Waals surface area contributed by atoms with E-state index < -0.39 is 60.0 Å². The topological polar surface area (TPSA) is 249 Å². The van der Waals surface area contributed by atoms with Gasteiger partial charge in [-0.15, -0.1) is 10.2 Å². The van der Waals surface area contributed by atoms with Crippen molar-refractivity contribution in [3.05, 3.63) is 95.1 Å². The highest BCUT2D eigenvalue weighted by Crippen LogP contribution is 2.34. The number of hydrogen-bond donors (Lipinski definition) is 6. The van der Waals surface area contributed by atoms with Gasteiger partial charge >= 0.3 is 0 Å². The molecule has 6 N–H and O–H groups in total. The summed E-state index contributed by atoms with van der Waals surface area (Å²) in [6, 6.07) is 6.06. The number of carbonyl (C=O) groups excluding carboxylic acids is 6. The number of benzene rings is 2. The molecule has 24 heteroatoms. The van der Waals surface area contributed by atoms with E-state index in [1.54, 1.807) is 83.8 Å². The zero-order valence-corrected chi connectivity index (χ0v) is 46.4. The van der Waals surface area contributed by atoms with Gasteiger partial charge in [-0.2, -0.15) is 0 Å². The molecule has 4 aromatic rings. The van der Waals surface area contributed by atoms with E-state index in [1.807, 2.05) is 0 Å². The van der Waals surface area contributed by atoms with Crippen molar-refractivity contribution < 1.29 is 37.5 Å². The summed E-state index contributed by atoms with van der Waals surface area (Å²) < 4.78 is 31.9. The van der Waals surface area contributed by atoms with E-state index in [4.69, 9.17) is 0 Å². The number of piperazine rings is 1. The van der Waals surface area contributed by atoms with Crippen molar-refractivity contribution in [3.63, 3.8) is 0 Å². The molecular weight excluding hydrogens is 1030 g/mol. The van der Waals surface area contributed by atoms with Crippen LogP contribution in [0.5, 0.6) is 0 Å².